The Morgan fingerprint density at radius 1 is 1.19 bits per heavy atom. The number of carbonyl (C=O) groups excluding carboxylic acids is 1. The number of esters is 1. The third-order valence-electron chi connectivity index (χ3n) is 5.13. The van der Waals surface area contributed by atoms with Crippen molar-refractivity contribution in [3.8, 4) is 0 Å². The highest BCUT2D eigenvalue weighted by Gasteiger charge is 2.25. The number of anilines is 1. The summed E-state index contributed by atoms with van der Waals surface area (Å²) in [6.45, 7) is 8.22. The first-order chi connectivity index (χ1) is 13.1. The lowest BCUT2D eigenvalue weighted by Gasteiger charge is -2.41. The molecule has 0 aliphatic carbocycles. The van der Waals surface area contributed by atoms with Gasteiger partial charge in [-0.05, 0) is 43.2 Å². The number of allylic oxidation sites excluding steroid dienone is 1. The normalized spacial score (nSPS) is 18.0. The van der Waals surface area contributed by atoms with Gasteiger partial charge in [0.25, 0.3) is 0 Å². The Hall–Kier alpha value is -2.59. The molecule has 1 aliphatic rings. The third-order valence-corrected chi connectivity index (χ3v) is 5.13. The summed E-state index contributed by atoms with van der Waals surface area (Å²) in [5.41, 5.74) is 4.18. The monoisotopic (exact) mass is 364 g/mol. The number of rotatable bonds is 5. The van der Waals surface area contributed by atoms with E-state index in [0.29, 0.717) is 11.6 Å². The van der Waals surface area contributed by atoms with Gasteiger partial charge in [0.15, 0.2) is 0 Å². The highest BCUT2D eigenvalue weighted by atomic mass is 16.5. The molecule has 3 rings (SSSR count). The second-order valence-corrected chi connectivity index (χ2v) is 7.02. The van der Waals surface area contributed by atoms with Crippen LogP contribution in [0.25, 0.3) is 6.08 Å². The van der Waals surface area contributed by atoms with Gasteiger partial charge < -0.3 is 9.64 Å². The van der Waals surface area contributed by atoms with E-state index in [0.717, 1.165) is 31.7 Å². The van der Waals surface area contributed by atoms with Gasteiger partial charge in [-0.15, -0.1) is 0 Å². The Morgan fingerprint density at radius 2 is 1.96 bits per heavy atom. The fourth-order valence-corrected chi connectivity index (χ4v) is 3.67. The quantitative estimate of drug-likeness (QED) is 0.744. The number of ether oxygens (including phenoxy) is 1. The van der Waals surface area contributed by atoms with Crippen molar-refractivity contribution in [3.63, 3.8) is 0 Å². The predicted molar refractivity (Wildman–Crippen MR) is 111 cm³/mol. The van der Waals surface area contributed by atoms with Crippen molar-refractivity contribution >= 4 is 17.7 Å². The molecule has 0 bridgehead atoms. The molecular weight excluding hydrogens is 336 g/mol. The summed E-state index contributed by atoms with van der Waals surface area (Å²) >= 11 is 0. The van der Waals surface area contributed by atoms with Crippen LogP contribution in [0, 0.1) is 0 Å². The zero-order valence-electron chi connectivity index (χ0n) is 16.4. The Kier molecular flexibility index (Phi) is 6.30. The smallest absolute Gasteiger partial charge is 0.337 e. The molecule has 0 radical (unpaired) electrons. The highest BCUT2D eigenvalue weighted by molar-refractivity contribution is 5.91. The molecule has 4 heteroatoms. The number of piperazine rings is 1. The SMILES string of the molecule is C/C=C\c1cc(C(=O)OC)ccc1N1CCN(Cc2ccccc2)[C@H](C)C1. The first-order valence-electron chi connectivity index (χ1n) is 9.50. The third kappa shape index (κ3) is 4.58. The standard InChI is InChI=1S/C23H28N2O2/c1-4-8-20-15-21(23(26)27-3)11-12-22(20)25-14-13-24(18(2)16-25)17-19-9-6-5-7-10-19/h4-12,15,18H,13-14,16-17H2,1-3H3/b8-4-/t18-/m1/s1. The predicted octanol–water partition coefficient (Wildman–Crippen LogP) is 4.22. The van der Waals surface area contributed by atoms with Crippen LogP contribution < -0.4 is 4.90 Å². The van der Waals surface area contributed by atoms with Gasteiger partial charge in [-0.1, -0.05) is 42.5 Å². The van der Waals surface area contributed by atoms with E-state index < -0.39 is 0 Å². The van der Waals surface area contributed by atoms with Crippen LogP contribution in [0.5, 0.6) is 0 Å². The van der Waals surface area contributed by atoms with Crippen molar-refractivity contribution in [1.29, 1.82) is 0 Å². The van der Waals surface area contributed by atoms with Gasteiger partial charge in [-0.25, -0.2) is 4.79 Å². The molecule has 0 unspecified atom stereocenters. The van der Waals surface area contributed by atoms with E-state index in [1.807, 2.05) is 31.2 Å². The van der Waals surface area contributed by atoms with Crippen LogP contribution in [0.2, 0.25) is 0 Å². The molecular formula is C23H28N2O2. The number of hydrogen-bond acceptors (Lipinski definition) is 4. The Balaban J connectivity index is 1.75. The molecule has 0 saturated carbocycles. The molecule has 0 N–H and O–H groups in total. The highest BCUT2D eigenvalue weighted by Crippen LogP contribution is 2.27. The van der Waals surface area contributed by atoms with E-state index >= 15 is 0 Å². The Morgan fingerprint density at radius 3 is 2.63 bits per heavy atom. The van der Waals surface area contributed by atoms with Crippen LogP contribution in [-0.4, -0.2) is 43.7 Å². The molecule has 27 heavy (non-hydrogen) atoms. The molecule has 2 aromatic rings. The van der Waals surface area contributed by atoms with E-state index in [-0.39, 0.29) is 5.97 Å². The fourth-order valence-electron chi connectivity index (χ4n) is 3.67. The molecule has 142 valence electrons. The lowest BCUT2D eigenvalue weighted by atomic mass is 10.0. The summed E-state index contributed by atoms with van der Waals surface area (Å²) in [5.74, 6) is -0.298. The summed E-state index contributed by atoms with van der Waals surface area (Å²) in [4.78, 5) is 16.8. The minimum Gasteiger partial charge on any atom is -0.465 e. The molecule has 1 aliphatic heterocycles. The van der Waals surface area contributed by atoms with Gasteiger partial charge in [-0.3, -0.25) is 4.90 Å². The molecule has 0 spiro atoms. The Bertz CT molecular complexity index is 801. The molecule has 1 heterocycles. The van der Waals surface area contributed by atoms with Gasteiger partial charge in [-0.2, -0.15) is 0 Å². The van der Waals surface area contributed by atoms with Gasteiger partial charge in [0, 0.05) is 37.9 Å². The van der Waals surface area contributed by atoms with Crippen LogP contribution in [0.4, 0.5) is 5.69 Å². The molecule has 1 saturated heterocycles. The second-order valence-electron chi connectivity index (χ2n) is 7.02. The lowest BCUT2D eigenvalue weighted by Crippen LogP contribution is -2.51. The van der Waals surface area contributed by atoms with Crippen LogP contribution in [0.15, 0.2) is 54.6 Å². The molecule has 0 amide bonds. The summed E-state index contributed by atoms with van der Waals surface area (Å²) in [7, 11) is 1.42. The molecule has 4 nitrogen and oxygen atoms in total. The van der Waals surface area contributed by atoms with E-state index in [1.54, 1.807) is 0 Å². The minimum absolute atomic E-state index is 0.298. The van der Waals surface area contributed by atoms with E-state index in [4.69, 9.17) is 4.74 Å². The average Bonchev–Trinajstić information content (AvgIpc) is 2.70. The van der Waals surface area contributed by atoms with Gasteiger partial charge in [0.2, 0.25) is 0 Å². The summed E-state index contributed by atoms with van der Waals surface area (Å²) in [5, 5.41) is 0. The number of nitrogens with zero attached hydrogens (tertiary/aromatic N) is 2. The summed E-state index contributed by atoms with van der Waals surface area (Å²) in [6.07, 6.45) is 4.07. The first kappa shape index (κ1) is 19.2. The van der Waals surface area contributed by atoms with E-state index in [9.17, 15) is 4.79 Å². The molecule has 2 aromatic carbocycles. The van der Waals surface area contributed by atoms with E-state index in [1.165, 1.54) is 18.4 Å². The molecule has 1 fully saturated rings. The molecule has 1 atom stereocenters. The van der Waals surface area contributed by atoms with Crippen LogP contribution in [0.3, 0.4) is 0 Å². The van der Waals surface area contributed by atoms with Crippen LogP contribution in [-0.2, 0) is 11.3 Å². The van der Waals surface area contributed by atoms with Crippen LogP contribution in [0.1, 0.15) is 35.3 Å². The van der Waals surface area contributed by atoms with Gasteiger partial charge in [0.05, 0.1) is 12.7 Å². The van der Waals surface area contributed by atoms with Crippen molar-refractivity contribution in [2.75, 3.05) is 31.6 Å². The summed E-state index contributed by atoms with van der Waals surface area (Å²) in [6, 6.07) is 16.9. The maximum Gasteiger partial charge on any atom is 0.337 e. The van der Waals surface area contributed by atoms with Gasteiger partial charge in [0.1, 0.15) is 0 Å². The maximum atomic E-state index is 11.9. The maximum absolute atomic E-state index is 11.9. The van der Waals surface area contributed by atoms with Crippen LogP contribution >= 0.6 is 0 Å². The number of benzene rings is 2. The number of methoxy groups -OCH3 is 1. The molecule has 0 aromatic heterocycles. The average molecular weight is 364 g/mol. The van der Waals surface area contributed by atoms with Crippen molar-refractivity contribution in [2.45, 2.75) is 26.4 Å². The zero-order valence-corrected chi connectivity index (χ0v) is 16.4. The Labute approximate surface area is 162 Å². The topological polar surface area (TPSA) is 32.8 Å². The number of hydrogen-bond donors (Lipinski definition) is 0. The zero-order chi connectivity index (χ0) is 19.2. The second kappa shape index (κ2) is 8.87. The number of carbonyl (C=O) groups is 1. The van der Waals surface area contributed by atoms with Crippen molar-refractivity contribution < 1.29 is 9.53 Å². The van der Waals surface area contributed by atoms with Gasteiger partial charge >= 0.3 is 5.97 Å². The van der Waals surface area contributed by atoms with Crippen molar-refractivity contribution in [3.05, 3.63) is 71.3 Å². The minimum atomic E-state index is -0.298. The van der Waals surface area contributed by atoms with Crippen molar-refractivity contribution in [1.82, 2.24) is 4.90 Å². The first-order valence-corrected chi connectivity index (χ1v) is 9.50. The summed E-state index contributed by atoms with van der Waals surface area (Å²) < 4.78 is 4.86. The van der Waals surface area contributed by atoms with E-state index in [2.05, 4.69) is 53.1 Å². The lowest BCUT2D eigenvalue weighted by molar-refractivity contribution is 0.0600. The largest absolute Gasteiger partial charge is 0.465 e. The fraction of sp³-hybridized carbons (Fsp3) is 0.348. The van der Waals surface area contributed by atoms with Crippen molar-refractivity contribution in [2.24, 2.45) is 0 Å².